The molecule has 0 aliphatic rings. The molecule has 0 saturated carbocycles. The molecule has 0 aromatic rings. The number of carbonyl (C=O) groups is 1. The van der Waals surface area contributed by atoms with Crippen molar-refractivity contribution in [1.82, 2.24) is 5.32 Å². The van der Waals surface area contributed by atoms with Gasteiger partial charge in [-0.25, -0.2) is 0 Å². The second-order valence-corrected chi connectivity index (χ2v) is 23.2. The molecule has 0 fully saturated rings. The molecule has 80 heavy (non-hydrogen) atoms. The standard InChI is InChI=1S/C76H133NO3/c1-3-5-7-9-11-13-15-17-19-21-23-25-27-29-31-32-33-34-35-36-37-38-39-40-41-42-43-44-46-48-50-52-54-56-58-60-62-64-66-68-70-72-76(80)77-74(73-78)75(79)71-69-67-65-63-61-59-57-55-53-51-49-47-45-30-28-26-24-22-20-18-16-14-12-10-8-6-4-2/h5,7,11,13,17,19,23,25,29,31,33-34,36-37,39-40,42-43,46,48,74-75,78-79H,3-4,6,8-10,12,14-16,18,20-22,24,26-28,30,32,35,38,41,44-45,47,49-73H2,1-2H3,(H,77,80)/b7-5-,13-11-,19-17-,25-23-,31-29-,34-33-,37-36-,40-39-,43-42-,48-46-. The average molecular weight is 1110 g/mol. The Balaban J connectivity index is 3.53. The van der Waals surface area contributed by atoms with E-state index in [1.54, 1.807) is 0 Å². The lowest BCUT2D eigenvalue weighted by Gasteiger charge is -2.22. The van der Waals surface area contributed by atoms with E-state index in [9.17, 15) is 15.0 Å². The topological polar surface area (TPSA) is 69.6 Å². The zero-order valence-corrected chi connectivity index (χ0v) is 53.1. The SMILES string of the molecule is CC/C=C\C/C=C\C/C=C\C/C=C\C/C=C\C/C=C\C/C=C\C/C=C\C/C=C\C/C=C\CCCCCCCCCCCCC(=O)NC(CO)C(O)CCCCCCCCCCCCCCCCCCCCCCCCCCCCC. The maximum absolute atomic E-state index is 12.6. The van der Waals surface area contributed by atoms with Gasteiger partial charge in [-0.05, 0) is 89.9 Å². The van der Waals surface area contributed by atoms with E-state index in [2.05, 4.69) is 141 Å². The van der Waals surface area contributed by atoms with Gasteiger partial charge in [-0.3, -0.25) is 4.79 Å². The van der Waals surface area contributed by atoms with Crippen LogP contribution in [0.1, 0.15) is 335 Å². The maximum Gasteiger partial charge on any atom is 0.220 e. The molecule has 0 aromatic carbocycles. The van der Waals surface area contributed by atoms with E-state index in [1.807, 2.05) is 0 Å². The first-order chi connectivity index (χ1) is 39.7. The van der Waals surface area contributed by atoms with Crippen LogP contribution >= 0.6 is 0 Å². The summed E-state index contributed by atoms with van der Waals surface area (Å²) in [6.45, 7) is 4.27. The van der Waals surface area contributed by atoms with Gasteiger partial charge in [0, 0.05) is 6.42 Å². The van der Waals surface area contributed by atoms with Crippen molar-refractivity contribution in [2.45, 2.75) is 347 Å². The molecule has 4 nitrogen and oxygen atoms in total. The normalized spacial score (nSPS) is 13.5. The number of nitrogens with one attached hydrogen (secondary N) is 1. The van der Waals surface area contributed by atoms with Gasteiger partial charge in [0.25, 0.3) is 0 Å². The lowest BCUT2D eigenvalue weighted by Crippen LogP contribution is -2.45. The summed E-state index contributed by atoms with van der Waals surface area (Å²) < 4.78 is 0. The molecule has 3 N–H and O–H groups in total. The third-order valence-electron chi connectivity index (χ3n) is 15.5. The number of hydrogen-bond acceptors (Lipinski definition) is 3. The monoisotopic (exact) mass is 1110 g/mol. The molecule has 0 aromatic heterocycles. The molecule has 0 saturated heterocycles. The predicted molar refractivity (Wildman–Crippen MR) is 359 cm³/mol. The number of carbonyl (C=O) groups excluding carboxylic acids is 1. The first kappa shape index (κ1) is 76.8. The number of rotatable bonds is 63. The summed E-state index contributed by atoms with van der Waals surface area (Å²) in [5.74, 6) is -0.0363. The summed E-state index contributed by atoms with van der Waals surface area (Å²) >= 11 is 0. The molecule has 2 unspecified atom stereocenters. The molecule has 0 bridgehead atoms. The Kier molecular flexibility index (Phi) is 67.2. The van der Waals surface area contributed by atoms with Crippen molar-refractivity contribution in [1.29, 1.82) is 0 Å². The highest BCUT2D eigenvalue weighted by atomic mass is 16.3. The Morgan fingerprint density at radius 1 is 0.312 bits per heavy atom. The summed E-state index contributed by atoms with van der Waals surface area (Å²) in [5.41, 5.74) is 0. The minimum atomic E-state index is -0.670. The summed E-state index contributed by atoms with van der Waals surface area (Å²) in [5, 5.41) is 23.5. The minimum Gasteiger partial charge on any atom is -0.394 e. The van der Waals surface area contributed by atoms with Crippen LogP contribution in [0.25, 0.3) is 0 Å². The minimum absolute atomic E-state index is 0.0363. The number of amides is 1. The van der Waals surface area contributed by atoms with Gasteiger partial charge in [-0.2, -0.15) is 0 Å². The van der Waals surface area contributed by atoms with Crippen LogP contribution < -0.4 is 5.32 Å². The Morgan fingerprint density at radius 3 is 0.825 bits per heavy atom. The van der Waals surface area contributed by atoms with Crippen LogP contribution in [0.15, 0.2) is 122 Å². The van der Waals surface area contributed by atoms with E-state index in [4.69, 9.17) is 0 Å². The molecule has 0 rings (SSSR count). The van der Waals surface area contributed by atoms with E-state index in [0.29, 0.717) is 12.8 Å². The molecule has 0 aliphatic heterocycles. The highest BCUT2D eigenvalue weighted by molar-refractivity contribution is 5.76. The lowest BCUT2D eigenvalue weighted by atomic mass is 10.0. The van der Waals surface area contributed by atoms with Crippen molar-refractivity contribution in [3.8, 4) is 0 Å². The number of aliphatic hydroxyl groups excluding tert-OH is 2. The van der Waals surface area contributed by atoms with E-state index in [0.717, 1.165) is 89.9 Å². The highest BCUT2D eigenvalue weighted by Crippen LogP contribution is 2.18. The summed E-state index contributed by atoms with van der Waals surface area (Å²) in [7, 11) is 0. The van der Waals surface area contributed by atoms with E-state index < -0.39 is 12.1 Å². The van der Waals surface area contributed by atoms with Crippen LogP contribution in [0.5, 0.6) is 0 Å². The van der Waals surface area contributed by atoms with Crippen molar-refractivity contribution in [3.63, 3.8) is 0 Å². The van der Waals surface area contributed by atoms with Crippen molar-refractivity contribution in [2.75, 3.05) is 6.61 Å². The van der Waals surface area contributed by atoms with Gasteiger partial charge >= 0.3 is 0 Å². The quantitative estimate of drug-likeness (QED) is 0.0420. The smallest absolute Gasteiger partial charge is 0.220 e. The summed E-state index contributed by atoms with van der Waals surface area (Å²) in [4.78, 5) is 12.6. The second-order valence-electron chi connectivity index (χ2n) is 23.2. The van der Waals surface area contributed by atoms with Gasteiger partial charge in [-0.15, -0.1) is 0 Å². The van der Waals surface area contributed by atoms with Crippen molar-refractivity contribution < 1.29 is 15.0 Å². The van der Waals surface area contributed by atoms with Crippen LogP contribution in [0.3, 0.4) is 0 Å². The number of unbranched alkanes of at least 4 members (excludes halogenated alkanes) is 36. The third kappa shape index (κ3) is 65.6. The van der Waals surface area contributed by atoms with Crippen LogP contribution in [0.4, 0.5) is 0 Å². The van der Waals surface area contributed by atoms with Gasteiger partial charge in [0.15, 0.2) is 0 Å². The first-order valence-corrected chi connectivity index (χ1v) is 34.7. The molecular formula is C76H133NO3. The number of hydrogen-bond donors (Lipinski definition) is 3. The Bertz CT molecular complexity index is 1540. The molecular weight excluding hydrogens is 975 g/mol. The van der Waals surface area contributed by atoms with Gasteiger partial charge in [0.2, 0.25) is 5.91 Å². The molecule has 0 heterocycles. The van der Waals surface area contributed by atoms with Gasteiger partial charge in [-0.1, -0.05) is 360 Å². The fraction of sp³-hybridized carbons (Fsp3) is 0.724. The zero-order valence-electron chi connectivity index (χ0n) is 53.1. The molecule has 4 heteroatoms. The number of allylic oxidation sites excluding steroid dienone is 20. The van der Waals surface area contributed by atoms with E-state index in [1.165, 1.54) is 218 Å². The van der Waals surface area contributed by atoms with Gasteiger partial charge < -0.3 is 15.5 Å². The highest BCUT2D eigenvalue weighted by Gasteiger charge is 2.20. The number of aliphatic hydroxyl groups is 2. The lowest BCUT2D eigenvalue weighted by molar-refractivity contribution is -0.123. The second kappa shape index (κ2) is 70.1. The molecule has 0 radical (unpaired) electrons. The largest absolute Gasteiger partial charge is 0.394 e. The Hall–Kier alpha value is -3.21. The van der Waals surface area contributed by atoms with Crippen LogP contribution in [0.2, 0.25) is 0 Å². The molecule has 1 amide bonds. The Morgan fingerprint density at radius 2 is 0.550 bits per heavy atom. The van der Waals surface area contributed by atoms with Gasteiger partial charge in [0.1, 0.15) is 0 Å². The van der Waals surface area contributed by atoms with E-state index in [-0.39, 0.29) is 12.5 Å². The van der Waals surface area contributed by atoms with Crippen LogP contribution in [-0.2, 0) is 4.79 Å². The predicted octanol–water partition coefficient (Wildman–Crippen LogP) is 23.9. The van der Waals surface area contributed by atoms with Gasteiger partial charge in [0.05, 0.1) is 18.8 Å². The Labute approximate surface area is 499 Å². The fourth-order valence-corrected chi connectivity index (χ4v) is 10.3. The van der Waals surface area contributed by atoms with Crippen LogP contribution in [-0.4, -0.2) is 34.9 Å². The molecule has 2 atom stereocenters. The fourth-order valence-electron chi connectivity index (χ4n) is 10.3. The van der Waals surface area contributed by atoms with Crippen LogP contribution in [0, 0.1) is 0 Å². The van der Waals surface area contributed by atoms with Crippen molar-refractivity contribution in [2.24, 2.45) is 0 Å². The average Bonchev–Trinajstić information content (AvgIpc) is 3.46. The first-order valence-electron chi connectivity index (χ1n) is 34.7. The molecule has 0 aliphatic carbocycles. The van der Waals surface area contributed by atoms with E-state index >= 15 is 0 Å². The molecule has 460 valence electrons. The molecule has 0 spiro atoms. The summed E-state index contributed by atoms with van der Waals surface area (Å²) in [6.07, 6.45) is 107. The maximum atomic E-state index is 12.6. The van der Waals surface area contributed by atoms with Crippen molar-refractivity contribution >= 4 is 5.91 Å². The van der Waals surface area contributed by atoms with Crippen molar-refractivity contribution in [3.05, 3.63) is 122 Å². The zero-order chi connectivity index (χ0) is 57.6. The third-order valence-corrected chi connectivity index (χ3v) is 15.5. The summed E-state index contributed by atoms with van der Waals surface area (Å²) in [6, 6.07) is -0.548.